The summed E-state index contributed by atoms with van der Waals surface area (Å²) >= 11 is 0. The highest BCUT2D eigenvalue weighted by Crippen LogP contribution is 2.41. The highest BCUT2D eigenvalue weighted by atomic mass is 16.5. The van der Waals surface area contributed by atoms with Gasteiger partial charge in [0, 0.05) is 43.0 Å². The number of imidazole rings is 1. The zero-order chi connectivity index (χ0) is 26.5. The van der Waals surface area contributed by atoms with E-state index in [1.807, 2.05) is 38.4 Å². The van der Waals surface area contributed by atoms with Crippen LogP contribution in [0.2, 0.25) is 0 Å². The fourth-order valence-corrected chi connectivity index (χ4v) is 6.47. The fraction of sp³-hybridized carbons (Fsp3) is 0.562. The molecule has 1 aliphatic carbocycles. The molecule has 3 aromatic rings. The summed E-state index contributed by atoms with van der Waals surface area (Å²) in [6, 6.07) is 12.4. The van der Waals surface area contributed by atoms with Crippen molar-refractivity contribution in [2.75, 3.05) is 26.2 Å². The van der Waals surface area contributed by atoms with Gasteiger partial charge in [0.1, 0.15) is 5.65 Å². The first-order valence-corrected chi connectivity index (χ1v) is 14.5. The topological polar surface area (TPSA) is 73.8 Å². The molecule has 0 bridgehead atoms. The molecule has 1 saturated carbocycles. The summed E-state index contributed by atoms with van der Waals surface area (Å²) in [7, 11) is 0. The number of piperidine rings is 1. The Labute approximate surface area is 227 Å². The molecule has 2 aliphatic rings. The number of ether oxygens (including phenoxy) is 1. The number of aromatic nitrogens is 2. The average molecular weight is 515 g/mol. The van der Waals surface area contributed by atoms with Crippen molar-refractivity contribution < 1.29 is 9.84 Å². The summed E-state index contributed by atoms with van der Waals surface area (Å²) in [6.07, 6.45) is 15.0. The van der Waals surface area contributed by atoms with Crippen LogP contribution in [-0.2, 0) is 0 Å². The van der Waals surface area contributed by atoms with Crippen molar-refractivity contribution in [3.63, 3.8) is 0 Å². The second kappa shape index (κ2) is 11.9. The van der Waals surface area contributed by atoms with E-state index in [1.165, 1.54) is 56.1 Å². The lowest BCUT2D eigenvalue weighted by molar-refractivity contribution is 0.0164. The summed E-state index contributed by atoms with van der Waals surface area (Å²) in [5.41, 5.74) is 4.61. The first-order chi connectivity index (χ1) is 18.4. The Hall–Kier alpha value is -2.88. The zero-order valence-electron chi connectivity index (χ0n) is 23.0. The summed E-state index contributed by atoms with van der Waals surface area (Å²) in [4.78, 5) is 7.24. The second-order valence-electron chi connectivity index (χ2n) is 12.0. The molecule has 2 fully saturated rings. The monoisotopic (exact) mass is 514 g/mol. The molecule has 1 aliphatic heterocycles. The number of likely N-dealkylation sites (tertiary alicyclic amines) is 1. The Balaban J connectivity index is 1.47. The van der Waals surface area contributed by atoms with E-state index in [0.29, 0.717) is 30.6 Å². The number of nitriles is 1. The minimum Gasteiger partial charge on any atom is -0.478 e. The third kappa shape index (κ3) is 6.39. The molecular weight excluding hydrogens is 472 g/mol. The van der Waals surface area contributed by atoms with Crippen molar-refractivity contribution in [1.29, 1.82) is 5.26 Å². The van der Waals surface area contributed by atoms with Crippen LogP contribution in [0.25, 0.3) is 16.8 Å². The van der Waals surface area contributed by atoms with Gasteiger partial charge in [0.15, 0.2) is 5.88 Å². The van der Waals surface area contributed by atoms with Crippen molar-refractivity contribution >= 4 is 5.65 Å². The molecule has 1 unspecified atom stereocenters. The van der Waals surface area contributed by atoms with E-state index < -0.39 is 5.60 Å². The van der Waals surface area contributed by atoms with Crippen molar-refractivity contribution in [2.24, 2.45) is 5.92 Å². The maximum Gasteiger partial charge on any atom is 0.199 e. The summed E-state index contributed by atoms with van der Waals surface area (Å²) in [6.45, 7) is 7.07. The average Bonchev–Trinajstić information content (AvgIpc) is 3.37. The van der Waals surface area contributed by atoms with Gasteiger partial charge in [0.2, 0.25) is 0 Å². The van der Waals surface area contributed by atoms with Crippen molar-refractivity contribution in [1.82, 2.24) is 14.3 Å². The van der Waals surface area contributed by atoms with E-state index in [4.69, 9.17) is 9.72 Å². The lowest BCUT2D eigenvalue weighted by Gasteiger charge is -2.36. The zero-order valence-corrected chi connectivity index (χ0v) is 23.0. The van der Waals surface area contributed by atoms with Gasteiger partial charge in [-0.2, -0.15) is 5.26 Å². The lowest BCUT2D eigenvalue weighted by Crippen LogP contribution is -2.45. The lowest BCUT2D eigenvalue weighted by atomic mass is 9.82. The second-order valence-corrected chi connectivity index (χ2v) is 12.0. The van der Waals surface area contributed by atoms with Gasteiger partial charge in [0.25, 0.3) is 0 Å². The van der Waals surface area contributed by atoms with Crippen LogP contribution in [0.1, 0.15) is 88.7 Å². The van der Waals surface area contributed by atoms with Crippen LogP contribution in [0.4, 0.5) is 0 Å². The summed E-state index contributed by atoms with van der Waals surface area (Å²) < 4.78 is 8.71. The molecule has 1 aromatic carbocycles. The Kier molecular flexibility index (Phi) is 8.35. The quantitative estimate of drug-likeness (QED) is 0.386. The van der Waals surface area contributed by atoms with Gasteiger partial charge in [0.05, 0.1) is 23.8 Å². The largest absolute Gasteiger partial charge is 0.478 e. The smallest absolute Gasteiger partial charge is 0.199 e. The first-order valence-electron chi connectivity index (χ1n) is 14.5. The number of nitrogens with zero attached hydrogens (tertiary/aromatic N) is 4. The number of β-amino-alcohol motifs (C(OH)–C–C–N with tert-alkyl or cyclic N) is 1. The van der Waals surface area contributed by atoms with Gasteiger partial charge in [-0.05, 0) is 75.3 Å². The number of hydrogen-bond donors (Lipinski definition) is 1. The van der Waals surface area contributed by atoms with Gasteiger partial charge in [-0.3, -0.25) is 4.40 Å². The van der Waals surface area contributed by atoms with Crippen molar-refractivity contribution in [2.45, 2.75) is 83.2 Å². The van der Waals surface area contributed by atoms with Crippen molar-refractivity contribution in [3.8, 4) is 23.1 Å². The van der Waals surface area contributed by atoms with Crippen LogP contribution in [0.3, 0.4) is 0 Å². The van der Waals surface area contributed by atoms with Gasteiger partial charge >= 0.3 is 0 Å². The predicted octanol–water partition coefficient (Wildman–Crippen LogP) is 6.56. The number of rotatable bonds is 7. The van der Waals surface area contributed by atoms with Crippen LogP contribution in [-0.4, -0.2) is 51.2 Å². The molecule has 0 amide bonds. The van der Waals surface area contributed by atoms with Crippen LogP contribution >= 0.6 is 0 Å². The highest BCUT2D eigenvalue weighted by Gasteiger charge is 2.27. The molecule has 2 aromatic heterocycles. The molecular formula is C32H42N4O2. The maximum absolute atomic E-state index is 10.3. The van der Waals surface area contributed by atoms with E-state index in [0.717, 1.165) is 43.0 Å². The van der Waals surface area contributed by atoms with E-state index in [2.05, 4.69) is 33.6 Å². The van der Waals surface area contributed by atoms with Crippen LogP contribution in [0.15, 0.2) is 42.7 Å². The predicted molar refractivity (Wildman–Crippen MR) is 151 cm³/mol. The third-order valence-electron chi connectivity index (χ3n) is 8.20. The van der Waals surface area contributed by atoms with Crippen LogP contribution in [0.5, 0.6) is 5.88 Å². The molecule has 5 rings (SSSR count). The molecule has 0 spiro atoms. The maximum atomic E-state index is 10.3. The summed E-state index contributed by atoms with van der Waals surface area (Å²) in [5.74, 6) is 1.72. The van der Waals surface area contributed by atoms with Crippen LogP contribution in [0, 0.1) is 17.2 Å². The van der Waals surface area contributed by atoms with Gasteiger partial charge < -0.3 is 14.7 Å². The highest BCUT2D eigenvalue weighted by molar-refractivity contribution is 5.76. The molecule has 6 nitrogen and oxygen atoms in total. The van der Waals surface area contributed by atoms with Gasteiger partial charge in [-0.15, -0.1) is 0 Å². The van der Waals surface area contributed by atoms with Gasteiger partial charge in [-0.25, -0.2) is 4.98 Å². The normalized spacial score (nSPS) is 20.1. The molecule has 1 atom stereocenters. The van der Waals surface area contributed by atoms with E-state index in [-0.39, 0.29) is 0 Å². The SMILES string of the molecule is CC(C)(O)CN1CCCC(COc2cc(-c3ccc(C#N)cc3)c(C3CCCCCCC3)c3nccn23)C1. The molecule has 6 heteroatoms. The third-order valence-corrected chi connectivity index (χ3v) is 8.20. The standard InChI is InChI=1S/C32H42N4O2/c1-32(2,37)23-35-17-8-9-25(21-35)22-38-29-19-28(26-14-12-24(20-33)13-15-26)30(31-34-16-18-36(29)31)27-10-6-4-3-5-7-11-27/h12-16,18-19,25,27,37H,3-11,17,21-23H2,1-2H3. The number of hydrogen-bond acceptors (Lipinski definition) is 5. The van der Waals surface area contributed by atoms with E-state index >= 15 is 0 Å². The molecule has 0 radical (unpaired) electrons. The minimum absolute atomic E-state index is 0.424. The number of fused-ring (bicyclic) bond motifs is 1. The summed E-state index contributed by atoms with van der Waals surface area (Å²) in [5, 5.41) is 19.6. The first kappa shape index (κ1) is 26.7. The van der Waals surface area contributed by atoms with E-state index in [9.17, 15) is 10.4 Å². The minimum atomic E-state index is -0.686. The van der Waals surface area contributed by atoms with Crippen molar-refractivity contribution in [3.05, 3.63) is 53.9 Å². The number of benzene rings is 1. The molecule has 202 valence electrons. The molecule has 1 N–H and O–H groups in total. The Morgan fingerprint density at radius 1 is 1.05 bits per heavy atom. The Morgan fingerprint density at radius 2 is 1.79 bits per heavy atom. The number of pyridine rings is 1. The van der Waals surface area contributed by atoms with E-state index in [1.54, 1.807) is 0 Å². The molecule has 3 heterocycles. The molecule has 38 heavy (non-hydrogen) atoms. The Morgan fingerprint density at radius 3 is 2.50 bits per heavy atom. The van der Waals surface area contributed by atoms with Gasteiger partial charge in [-0.1, -0.05) is 44.2 Å². The Bertz CT molecular complexity index is 1240. The number of aliphatic hydroxyl groups is 1. The fourth-order valence-electron chi connectivity index (χ4n) is 6.47. The molecule has 1 saturated heterocycles. The van der Waals surface area contributed by atoms with Crippen LogP contribution < -0.4 is 4.74 Å².